The van der Waals surface area contributed by atoms with Crippen LogP contribution in [-0.2, 0) is 17.1 Å². The zero-order valence-electron chi connectivity index (χ0n) is 16.1. The van der Waals surface area contributed by atoms with Crippen molar-refractivity contribution in [3.63, 3.8) is 0 Å². The first-order valence-corrected chi connectivity index (χ1v) is 8.88. The number of methoxy groups -OCH3 is 1. The summed E-state index contributed by atoms with van der Waals surface area (Å²) >= 11 is 0. The number of nitrogens with zero attached hydrogens (tertiary/aromatic N) is 2. The minimum atomic E-state index is -2.25. The molecule has 1 atom stereocenters. The van der Waals surface area contributed by atoms with Crippen LogP contribution in [0.2, 0.25) is 0 Å². The Balaban J connectivity index is 2.33. The lowest BCUT2D eigenvalue weighted by Gasteiger charge is -2.23. The van der Waals surface area contributed by atoms with E-state index in [0.717, 1.165) is 16.7 Å². The maximum atomic E-state index is 15.0. The van der Waals surface area contributed by atoms with E-state index in [-0.39, 0.29) is 17.8 Å². The summed E-state index contributed by atoms with van der Waals surface area (Å²) in [5.41, 5.74) is 2.39. The molecule has 3 aromatic rings. The smallest absolute Gasteiger partial charge is 0.259 e. The summed E-state index contributed by atoms with van der Waals surface area (Å²) in [7, 11) is 1.22. The molecule has 1 heterocycles. The van der Waals surface area contributed by atoms with Gasteiger partial charge in [-0.3, -0.25) is 4.79 Å². The van der Waals surface area contributed by atoms with Crippen molar-refractivity contribution in [2.75, 3.05) is 7.11 Å². The molecule has 0 fully saturated rings. The van der Waals surface area contributed by atoms with Crippen molar-refractivity contribution in [3.8, 4) is 11.3 Å². The summed E-state index contributed by atoms with van der Waals surface area (Å²) in [4.78, 5) is 16.5. The SMILES string of the molecule is [C-]#[N+]c1c(C(C)(F)OC)cc(-c2cccc(C)c2)n(Cc2ccccc2)c1=O. The van der Waals surface area contributed by atoms with Crippen molar-refractivity contribution < 1.29 is 9.13 Å². The van der Waals surface area contributed by atoms with Crippen LogP contribution in [-0.4, -0.2) is 11.7 Å². The number of benzene rings is 2. The van der Waals surface area contributed by atoms with E-state index < -0.39 is 11.4 Å². The van der Waals surface area contributed by atoms with Crippen molar-refractivity contribution in [2.24, 2.45) is 0 Å². The molecule has 28 heavy (non-hydrogen) atoms. The van der Waals surface area contributed by atoms with Crippen molar-refractivity contribution in [2.45, 2.75) is 26.2 Å². The Bertz CT molecular complexity index is 1100. The van der Waals surface area contributed by atoms with Gasteiger partial charge in [-0.1, -0.05) is 54.1 Å². The molecule has 0 amide bonds. The van der Waals surface area contributed by atoms with E-state index in [9.17, 15) is 9.18 Å². The van der Waals surface area contributed by atoms with Gasteiger partial charge in [0, 0.05) is 24.9 Å². The van der Waals surface area contributed by atoms with Gasteiger partial charge in [0.2, 0.25) is 5.85 Å². The van der Waals surface area contributed by atoms with E-state index in [1.165, 1.54) is 18.6 Å². The van der Waals surface area contributed by atoms with Crippen LogP contribution in [0.3, 0.4) is 0 Å². The Hall–Kier alpha value is -3.23. The van der Waals surface area contributed by atoms with Gasteiger partial charge in [-0.2, -0.15) is 0 Å². The average Bonchev–Trinajstić information content (AvgIpc) is 2.69. The van der Waals surface area contributed by atoms with Gasteiger partial charge in [-0.05, 0) is 37.1 Å². The second kappa shape index (κ2) is 7.79. The standard InChI is InChI=1S/C23H21FN2O2/c1-16-9-8-12-18(13-16)20-14-19(23(2,24)28-4)21(25-3)22(27)26(20)15-17-10-6-5-7-11-17/h5-14H,15H2,1-2,4H3. The number of pyridine rings is 1. The Morgan fingerprint density at radius 1 is 1.14 bits per heavy atom. The number of aromatic nitrogens is 1. The molecule has 0 radical (unpaired) electrons. The molecular formula is C23H21FN2O2. The van der Waals surface area contributed by atoms with E-state index in [0.29, 0.717) is 5.69 Å². The van der Waals surface area contributed by atoms with Crippen LogP contribution in [0.15, 0.2) is 65.5 Å². The first-order chi connectivity index (χ1) is 13.4. The summed E-state index contributed by atoms with van der Waals surface area (Å²) in [5.74, 6) is -2.25. The number of ether oxygens (including phenoxy) is 1. The van der Waals surface area contributed by atoms with Gasteiger partial charge in [-0.25, -0.2) is 9.24 Å². The normalized spacial score (nSPS) is 13.0. The lowest BCUT2D eigenvalue weighted by molar-refractivity contribution is -0.112. The minimum absolute atomic E-state index is 0.0594. The third-order valence-corrected chi connectivity index (χ3v) is 4.75. The molecule has 0 bridgehead atoms. The Morgan fingerprint density at radius 3 is 2.46 bits per heavy atom. The average molecular weight is 376 g/mol. The van der Waals surface area contributed by atoms with Crippen molar-refractivity contribution >= 4 is 5.69 Å². The predicted molar refractivity (Wildman–Crippen MR) is 108 cm³/mol. The van der Waals surface area contributed by atoms with Crippen molar-refractivity contribution in [1.82, 2.24) is 4.57 Å². The number of hydrogen-bond acceptors (Lipinski definition) is 2. The van der Waals surface area contributed by atoms with Crippen LogP contribution in [0.4, 0.5) is 10.1 Å². The van der Waals surface area contributed by atoms with E-state index in [2.05, 4.69) is 4.85 Å². The molecule has 0 N–H and O–H groups in total. The minimum Gasteiger partial charge on any atom is -0.347 e. The zero-order valence-corrected chi connectivity index (χ0v) is 16.1. The molecule has 0 aliphatic heterocycles. The molecular weight excluding hydrogens is 355 g/mol. The highest BCUT2D eigenvalue weighted by molar-refractivity contribution is 5.66. The van der Waals surface area contributed by atoms with Gasteiger partial charge in [0.25, 0.3) is 11.2 Å². The largest absolute Gasteiger partial charge is 0.347 e. The number of halogens is 1. The monoisotopic (exact) mass is 376 g/mol. The van der Waals surface area contributed by atoms with Gasteiger partial charge in [0.05, 0.1) is 6.57 Å². The van der Waals surface area contributed by atoms with Gasteiger partial charge in [-0.15, -0.1) is 0 Å². The molecule has 1 unspecified atom stereocenters. The maximum absolute atomic E-state index is 15.0. The fourth-order valence-corrected chi connectivity index (χ4v) is 3.16. The van der Waals surface area contributed by atoms with Crippen molar-refractivity contribution in [1.29, 1.82) is 0 Å². The maximum Gasteiger partial charge on any atom is 0.259 e. The molecule has 142 valence electrons. The highest BCUT2D eigenvalue weighted by Gasteiger charge is 2.32. The molecule has 0 spiro atoms. The first-order valence-electron chi connectivity index (χ1n) is 8.88. The molecule has 0 saturated carbocycles. The predicted octanol–water partition coefficient (Wildman–Crippen LogP) is 5.21. The highest BCUT2D eigenvalue weighted by Crippen LogP contribution is 2.35. The van der Waals surface area contributed by atoms with Crippen LogP contribution in [0, 0.1) is 13.5 Å². The van der Waals surface area contributed by atoms with Crippen LogP contribution in [0.5, 0.6) is 0 Å². The van der Waals surface area contributed by atoms with Crippen LogP contribution < -0.4 is 5.56 Å². The van der Waals surface area contributed by atoms with Gasteiger partial charge >= 0.3 is 0 Å². The van der Waals surface area contributed by atoms with E-state index in [1.807, 2.05) is 61.5 Å². The molecule has 0 aliphatic carbocycles. The molecule has 0 aliphatic rings. The summed E-state index contributed by atoms with van der Waals surface area (Å²) in [6.45, 7) is 10.9. The number of rotatable bonds is 5. The zero-order chi connectivity index (χ0) is 20.3. The lowest BCUT2D eigenvalue weighted by Crippen LogP contribution is -2.27. The van der Waals surface area contributed by atoms with Gasteiger partial charge in [0.15, 0.2) is 0 Å². The summed E-state index contributed by atoms with van der Waals surface area (Å²) in [6.07, 6.45) is 0. The number of hydrogen-bond donors (Lipinski definition) is 0. The topological polar surface area (TPSA) is 35.6 Å². The van der Waals surface area contributed by atoms with Crippen LogP contribution >= 0.6 is 0 Å². The lowest BCUT2D eigenvalue weighted by atomic mass is 10.0. The van der Waals surface area contributed by atoms with Crippen LogP contribution in [0.1, 0.15) is 23.6 Å². The Morgan fingerprint density at radius 2 is 1.86 bits per heavy atom. The number of alkyl halides is 1. The van der Waals surface area contributed by atoms with Gasteiger partial charge < -0.3 is 9.30 Å². The van der Waals surface area contributed by atoms with Crippen molar-refractivity contribution in [3.05, 3.63) is 99.1 Å². The molecule has 0 saturated heterocycles. The second-order valence-corrected chi connectivity index (χ2v) is 6.77. The van der Waals surface area contributed by atoms with E-state index >= 15 is 0 Å². The molecule has 5 heteroatoms. The summed E-state index contributed by atoms with van der Waals surface area (Å²) in [6, 6.07) is 18.7. The molecule has 1 aromatic heterocycles. The fraction of sp³-hybridized carbons (Fsp3) is 0.217. The first kappa shape index (κ1) is 19.5. The third kappa shape index (κ3) is 3.73. The molecule has 2 aromatic carbocycles. The quantitative estimate of drug-likeness (QED) is 0.573. The van der Waals surface area contributed by atoms with E-state index in [4.69, 9.17) is 11.3 Å². The van der Waals surface area contributed by atoms with Gasteiger partial charge in [0.1, 0.15) is 0 Å². The summed E-state index contributed by atoms with van der Waals surface area (Å²) < 4.78 is 21.5. The second-order valence-electron chi connectivity index (χ2n) is 6.77. The fourth-order valence-electron chi connectivity index (χ4n) is 3.16. The Kier molecular flexibility index (Phi) is 5.43. The van der Waals surface area contributed by atoms with Crippen LogP contribution in [0.25, 0.3) is 16.1 Å². The Labute approximate surface area is 163 Å². The van der Waals surface area contributed by atoms with E-state index in [1.54, 1.807) is 6.07 Å². The summed E-state index contributed by atoms with van der Waals surface area (Å²) in [5, 5.41) is 0. The molecule has 3 rings (SSSR count). The number of aryl methyl sites for hydroxylation is 1. The highest BCUT2D eigenvalue weighted by atomic mass is 19.2. The third-order valence-electron chi connectivity index (χ3n) is 4.75. The molecule has 4 nitrogen and oxygen atoms in total.